The fourth-order valence-electron chi connectivity index (χ4n) is 4.06. The van der Waals surface area contributed by atoms with Crippen molar-refractivity contribution < 1.29 is 8.42 Å². The molecular formula is C19H31NO2S. The zero-order valence-electron chi connectivity index (χ0n) is 15.3. The van der Waals surface area contributed by atoms with Crippen molar-refractivity contribution in [3.05, 3.63) is 35.4 Å². The van der Waals surface area contributed by atoms with Gasteiger partial charge in [0.25, 0.3) is 0 Å². The van der Waals surface area contributed by atoms with Crippen molar-refractivity contribution in [2.24, 2.45) is 0 Å². The lowest BCUT2D eigenvalue weighted by atomic mass is 9.90. The van der Waals surface area contributed by atoms with Gasteiger partial charge in [0.2, 0.25) is 0 Å². The fourth-order valence-corrected chi connectivity index (χ4v) is 5.08. The van der Waals surface area contributed by atoms with Crippen LogP contribution >= 0.6 is 0 Å². The number of rotatable bonds is 4. The first-order chi connectivity index (χ1) is 10.5. The molecule has 0 spiro atoms. The fraction of sp³-hybridized carbons (Fsp3) is 0.684. The molecule has 0 N–H and O–H groups in total. The Hall–Kier alpha value is -0.870. The highest BCUT2D eigenvalue weighted by molar-refractivity contribution is 7.90. The van der Waals surface area contributed by atoms with E-state index in [1.807, 2.05) is 0 Å². The minimum Gasteiger partial charge on any atom is -0.288 e. The summed E-state index contributed by atoms with van der Waals surface area (Å²) in [7, 11) is -2.97. The minimum absolute atomic E-state index is 0.0549. The number of hydrogen-bond donors (Lipinski definition) is 0. The van der Waals surface area contributed by atoms with Crippen molar-refractivity contribution >= 4 is 9.84 Å². The monoisotopic (exact) mass is 337 g/mol. The van der Waals surface area contributed by atoms with Crippen molar-refractivity contribution in [2.75, 3.05) is 12.0 Å². The number of likely N-dealkylation sites (tertiary alicyclic amines) is 1. The highest BCUT2D eigenvalue weighted by Gasteiger charge is 2.42. The second-order valence-corrected chi connectivity index (χ2v) is 10.4. The molecule has 2 atom stereocenters. The van der Waals surface area contributed by atoms with E-state index in [2.05, 4.69) is 63.8 Å². The Morgan fingerprint density at radius 3 is 2.30 bits per heavy atom. The van der Waals surface area contributed by atoms with E-state index in [9.17, 15) is 8.42 Å². The summed E-state index contributed by atoms with van der Waals surface area (Å²) in [6.45, 7) is 11.0. The molecule has 0 aliphatic carbocycles. The summed E-state index contributed by atoms with van der Waals surface area (Å²) in [5.41, 5.74) is 2.70. The van der Waals surface area contributed by atoms with Gasteiger partial charge in [0, 0.05) is 23.9 Å². The number of benzene rings is 1. The van der Waals surface area contributed by atoms with Crippen LogP contribution in [0, 0.1) is 0 Å². The standard InChI is InChI=1S/C19H31NO2S/c1-14(2)16-9-7-8-10-17(16)18-12-11-15(13-23(6,21)22)20(18)19(3,4)5/h7-10,14-15,18H,11-13H2,1-6H3. The van der Waals surface area contributed by atoms with Crippen LogP contribution < -0.4 is 0 Å². The average molecular weight is 338 g/mol. The molecule has 1 saturated heterocycles. The Morgan fingerprint density at radius 1 is 1.17 bits per heavy atom. The summed E-state index contributed by atoms with van der Waals surface area (Å²) in [5, 5.41) is 0. The Labute approximate surface area is 142 Å². The van der Waals surface area contributed by atoms with Gasteiger partial charge in [-0.3, -0.25) is 4.90 Å². The molecule has 1 aliphatic rings. The van der Waals surface area contributed by atoms with Crippen LogP contribution in [0.2, 0.25) is 0 Å². The van der Waals surface area contributed by atoms with E-state index in [-0.39, 0.29) is 17.3 Å². The van der Waals surface area contributed by atoms with Gasteiger partial charge >= 0.3 is 0 Å². The topological polar surface area (TPSA) is 37.4 Å². The van der Waals surface area contributed by atoms with Crippen molar-refractivity contribution in [3.63, 3.8) is 0 Å². The average Bonchev–Trinajstić information content (AvgIpc) is 2.79. The van der Waals surface area contributed by atoms with E-state index in [4.69, 9.17) is 0 Å². The largest absolute Gasteiger partial charge is 0.288 e. The maximum absolute atomic E-state index is 11.9. The van der Waals surface area contributed by atoms with Crippen LogP contribution in [0.3, 0.4) is 0 Å². The van der Waals surface area contributed by atoms with Gasteiger partial charge in [0.05, 0.1) is 5.75 Å². The molecule has 23 heavy (non-hydrogen) atoms. The number of sulfone groups is 1. The maximum atomic E-state index is 11.9. The van der Waals surface area contributed by atoms with Crippen molar-refractivity contribution in [2.45, 2.75) is 71.0 Å². The molecule has 1 aromatic rings. The van der Waals surface area contributed by atoms with E-state index < -0.39 is 9.84 Å². The quantitative estimate of drug-likeness (QED) is 0.828. The molecule has 0 radical (unpaired) electrons. The van der Waals surface area contributed by atoms with Crippen LogP contribution in [0.25, 0.3) is 0 Å². The second kappa shape index (κ2) is 6.56. The molecular weight excluding hydrogens is 306 g/mol. The molecule has 1 fully saturated rings. The van der Waals surface area contributed by atoms with E-state index >= 15 is 0 Å². The lowest BCUT2D eigenvalue weighted by Gasteiger charge is -2.42. The minimum atomic E-state index is -2.97. The van der Waals surface area contributed by atoms with Gasteiger partial charge in [-0.2, -0.15) is 0 Å². The zero-order chi connectivity index (χ0) is 17.4. The first-order valence-electron chi connectivity index (χ1n) is 8.55. The number of nitrogens with zero attached hydrogens (tertiary/aromatic N) is 1. The predicted octanol–water partition coefficient (Wildman–Crippen LogP) is 4.16. The molecule has 2 rings (SSSR count). The maximum Gasteiger partial charge on any atom is 0.148 e. The summed E-state index contributed by atoms with van der Waals surface area (Å²) in [6, 6.07) is 9.05. The molecule has 1 aliphatic heterocycles. The summed E-state index contributed by atoms with van der Waals surface area (Å²) >= 11 is 0. The lowest BCUT2D eigenvalue weighted by molar-refractivity contribution is 0.0839. The van der Waals surface area contributed by atoms with E-state index in [1.54, 1.807) is 0 Å². The van der Waals surface area contributed by atoms with Crippen molar-refractivity contribution in [1.29, 1.82) is 0 Å². The Kier molecular flexibility index (Phi) is 5.27. The van der Waals surface area contributed by atoms with Gasteiger partial charge in [-0.05, 0) is 50.7 Å². The summed E-state index contributed by atoms with van der Waals surface area (Å²) in [5.74, 6) is 0.729. The zero-order valence-corrected chi connectivity index (χ0v) is 16.2. The van der Waals surface area contributed by atoms with Gasteiger partial charge in [0.1, 0.15) is 9.84 Å². The molecule has 0 amide bonds. The Balaban J connectivity index is 2.43. The molecule has 1 aromatic carbocycles. The van der Waals surface area contributed by atoms with E-state index in [0.717, 1.165) is 12.8 Å². The Bertz CT molecular complexity index is 644. The third-order valence-electron chi connectivity index (χ3n) is 4.75. The molecule has 0 aromatic heterocycles. The molecule has 4 heteroatoms. The number of hydrogen-bond acceptors (Lipinski definition) is 3. The van der Waals surface area contributed by atoms with Gasteiger partial charge in [-0.1, -0.05) is 38.1 Å². The van der Waals surface area contributed by atoms with Crippen molar-refractivity contribution in [1.82, 2.24) is 4.90 Å². The van der Waals surface area contributed by atoms with Gasteiger partial charge in [-0.25, -0.2) is 8.42 Å². The Morgan fingerprint density at radius 2 is 1.78 bits per heavy atom. The SMILES string of the molecule is CC(C)c1ccccc1C1CCC(CS(C)(=O)=O)N1C(C)(C)C. The van der Waals surface area contributed by atoms with Crippen LogP contribution in [0.4, 0.5) is 0 Å². The first kappa shape index (κ1) is 18.5. The summed E-state index contributed by atoms with van der Waals surface area (Å²) in [6.07, 6.45) is 3.33. The van der Waals surface area contributed by atoms with Crippen LogP contribution in [-0.4, -0.2) is 36.9 Å². The van der Waals surface area contributed by atoms with Crippen molar-refractivity contribution in [3.8, 4) is 0 Å². The van der Waals surface area contributed by atoms with Crippen LogP contribution in [0.1, 0.15) is 70.5 Å². The van der Waals surface area contributed by atoms with Gasteiger partial charge in [-0.15, -0.1) is 0 Å². The molecule has 0 bridgehead atoms. The summed E-state index contributed by atoms with van der Waals surface area (Å²) in [4.78, 5) is 2.44. The van der Waals surface area contributed by atoms with Gasteiger partial charge in [0.15, 0.2) is 0 Å². The van der Waals surface area contributed by atoms with Crippen LogP contribution in [-0.2, 0) is 9.84 Å². The van der Waals surface area contributed by atoms with Crippen LogP contribution in [0.5, 0.6) is 0 Å². The normalized spacial score (nSPS) is 23.6. The molecule has 1 heterocycles. The lowest BCUT2D eigenvalue weighted by Crippen LogP contribution is -2.48. The molecule has 130 valence electrons. The highest BCUT2D eigenvalue weighted by Crippen LogP contribution is 2.43. The van der Waals surface area contributed by atoms with E-state index in [1.165, 1.54) is 17.4 Å². The highest BCUT2D eigenvalue weighted by atomic mass is 32.2. The smallest absolute Gasteiger partial charge is 0.148 e. The van der Waals surface area contributed by atoms with Gasteiger partial charge < -0.3 is 0 Å². The third kappa shape index (κ3) is 4.36. The molecule has 3 nitrogen and oxygen atoms in total. The predicted molar refractivity (Wildman–Crippen MR) is 97.6 cm³/mol. The van der Waals surface area contributed by atoms with Crippen LogP contribution in [0.15, 0.2) is 24.3 Å². The molecule has 0 saturated carbocycles. The molecule has 2 unspecified atom stereocenters. The third-order valence-corrected chi connectivity index (χ3v) is 5.74. The second-order valence-electron chi connectivity index (χ2n) is 8.20. The first-order valence-corrected chi connectivity index (χ1v) is 10.6. The summed E-state index contributed by atoms with van der Waals surface area (Å²) < 4.78 is 23.7. The van der Waals surface area contributed by atoms with E-state index in [0.29, 0.717) is 12.0 Å².